The minimum Gasteiger partial charge on any atom is -0.300 e. The number of rotatable bonds is 1. The van der Waals surface area contributed by atoms with Gasteiger partial charge < -0.3 is 0 Å². The molecule has 2 aliphatic heterocycles. The lowest BCUT2D eigenvalue weighted by atomic mass is 9.79. The van der Waals surface area contributed by atoms with Crippen LogP contribution >= 0.6 is 0 Å². The van der Waals surface area contributed by atoms with Gasteiger partial charge in [0.1, 0.15) is 5.78 Å². The first kappa shape index (κ1) is 7.29. The summed E-state index contributed by atoms with van der Waals surface area (Å²) in [5.74, 6) is 0.908. The average molecular weight is 153 g/mol. The second-order valence-electron chi connectivity index (χ2n) is 3.69. The number of ketones is 1. The molecule has 2 heterocycles. The third kappa shape index (κ3) is 1.09. The van der Waals surface area contributed by atoms with Gasteiger partial charge in [-0.2, -0.15) is 0 Å². The van der Waals surface area contributed by atoms with Crippen LogP contribution in [0.3, 0.4) is 0 Å². The second-order valence-corrected chi connectivity index (χ2v) is 3.69. The van der Waals surface area contributed by atoms with Crippen molar-refractivity contribution in [1.29, 1.82) is 0 Å². The molecule has 3 aliphatic rings. The Balaban J connectivity index is 2.10. The van der Waals surface area contributed by atoms with Gasteiger partial charge >= 0.3 is 0 Å². The fourth-order valence-electron chi connectivity index (χ4n) is 2.38. The first-order valence-corrected chi connectivity index (χ1v) is 4.58. The summed E-state index contributed by atoms with van der Waals surface area (Å²) >= 11 is 0. The Bertz CT molecular complexity index is 178. The SMILES string of the molecule is CCN1CC2CCC1CC2=O. The van der Waals surface area contributed by atoms with E-state index < -0.39 is 0 Å². The number of nitrogens with zero attached hydrogens (tertiary/aromatic N) is 1. The molecule has 62 valence electrons. The van der Waals surface area contributed by atoms with E-state index in [1.165, 1.54) is 6.42 Å². The van der Waals surface area contributed by atoms with Gasteiger partial charge in [-0.3, -0.25) is 9.69 Å². The van der Waals surface area contributed by atoms with Gasteiger partial charge in [-0.25, -0.2) is 0 Å². The Morgan fingerprint density at radius 3 is 2.82 bits per heavy atom. The topological polar surface area (TPSA) is 20.3 Å². The molecule has 1 aliphatic carbocycles. The zero-order valence-corrected chi connectivity index (χ0v) is 7.05. The number of Topliss-reactive ketones (excluding diaryl/α,β-unsaturated/α-hetero) is 1. The standard InChI is InChI=1S/C9H15NO/c1-2-10-6-7-3-4-8(10)5-9(7)11/h7-8H,2-6H2,1H3. The molecule has 0 aromatic carbocycles. The number of carbonyl (C=O) groups is 1. The molecule has 3 fully saturated rings. The van der Waals surface area contributed by atoms with E-state index in [9.17, 15) is 4.79 Å². The minimum atomic E-state index is 0.389. The van der Waals surface area contributed by atoms with Crippen molar-refractivity contribution in [2.45, 2.75) is 32.2 Å². The van der Waals surface area contributed by atoms with Crippen molar-refractivity contribution in [3.63, 3.8) is 0 Å². The van der Waals surface area contributed by atoms with Gasteiger partial charge in [-0.05, 0) is 19.4 Å². The molecule has 3 rings (SSSR count). The summed E-state index contributed by atoms with van der Waals surface area (Å²) in [6.07, 6.45) is 3.24. The third-order valence-corrected chi connectivity index (χ3v) is 3.12. The lowest BCUT2D eigenvalue weighted by molar-refractivity contribution is -0.132. The molecule has 0 radical (unpaired) electrons. The number of hydrogen-bond acceptors (Lipinski definition) is 2. The largest absolute Gasteiger partial charge is 0.300 e. The molecule has 2 unspecified atom stereocenters. The summed E-state index contributed by atoms with van der Waals surface area (Å²) in [5.41, 5.74) is 0. The fraction of sp³-hybridized carbons (Fsp3) is 0.889. The third-order valence-electron chi connectivity index (χ3n) is 3.12. The molecule has 0 aromatic heterocycles. The molecule has 0 aromatic rings. The van der Waals surface area contributed by atoms with Crippen LogP contribution in [0.2, 0.25) is 0 Å². The lowest BCUT2D eigenvalue weighted by Crippen LogP contribution is -2.52. The number of hydrogen-bond donors (Lipinski definition) is 0. The highest BCUT2D eigenvalue weighted by atomic mass is 16.1. The van der Waals surface area contributed by atoms with Crippen LogP contribution in [0.15, 0.2) is 0 Å². The Kier molecular flexibility index (Phi) is 1.72. The molecule has 1 saturated carbocycles. The van der Waals surface area contributed by atoms with Crippen LogP contribution in [-0.2, 0) is 4.79 Å². The minimum absolute atomic E-state index is 0.389. The number of carbonyl (C=O) groups excluding carboxylic acids is 1. The van der Waals surface area contributed by atoms with E-state index >= 15 is 0 Å². The van der Waals surface area contributed by atoms with Crippen LogP contribution in [0, 0.1) is 5.92 Å². The van der Waals surface area contributed by atoms with Crippen LogP contribution in [0.4, 0.5) is 0 Å². The zero-order valence-electron chi connectivity index (χ0n) is 7.05. The Hall–Kier alpha value is -0.370. The summed E-state index contributed by atoms with van der Waals surface area (Å²) in [6, 6.07) is 0.595. The van der Waals surface area contributed by atoms with Gasteiger partial charge in [0, 0.05) is 24.9 Å². The van der Waals surface area contributed by atoms with E-state index in [1.807, 2.05) is 0 Å². The summed E-state index contributed by atoms with van der Waals surface area (Å²) in [6.45, 7) is 4.35. The lowest BCUT2D eigenvalue weighted by Gasteiger charge is -2.43. The highest BCUT2D eigenvalue weighted by Crippen LogP contribution is 2.31. The quantitative estimate of drug-likeness (QED) is 0.561. The molecular formula is C9H15NO. The molecule has 2 nitrogen and oxygen atoms in total. The van der Waals surface area contributed by atoms with E-state index in [-0.39, 0.29) is 0 Å². The molecular weight excluding hydrogens is 138 g/mol. The predicted molar refractivity (Wildman–Crippen MR) is 43.4 cm³/mol. The average Bonchev–Trinajstić information content (AvgIpc) is 2.05. The van der Waals surface area contributed by atoms with Crippen molar-refractivity contribution < 1.29 is 4.79 Å². The fourth-order valence-corrected chi connectivity index (χ4v) is 2.38. The smallest absolute Gasteiger partial charge is 0.138 e. The maximum absolute atomic E-state index is 11.3. The summed E-state index contributed by atoms with van der Waals surface area (Å²) in [4.78, 5) is 13.7. The molecule has 0 amide bonds. The normalized spacial score (nSPS) is 38.1. The van der Waals surface area contributed by atoms with Crippen LogP contribution < -0.4 is 0 Å². The molecule has 2 heteroatoms. The van der Waals surface area contributed by atoms with E-state index in [4.69, 9.17) is 0 Å². The molecule has 2 bridgehead atoms. The van der Waals surface area contributed by atoms with Crippen molar-refractivity contribution in [1.82, 2.24) is 4.90 Å². The Morgan fingerprint density at radius 2 is 2.36 bits per heavy atom. The van der Waals surface area contributed by atoms with Gasteiger partial charge in [-0.1, -0.05) is 6.92 Å². The summed E-state index contributed by atoms with van der Waals surface area (Å²) in [7, 11) is 0. The van der Waals surface area contributed by atoms with Crippen molar-refractivity contribution in [2.75, 3.05) is 13.1 Å². The Labute approximate surface area is 67.6 Å². The zero-order chi connectivity index (χ0) is 7.84. The van der Waals surface area contributed by atoms with Crippen LogP contribution in [0.5, 0.6) is 0 Å². The maximum Gasteiger partial charge on any atom is 0.138 e. The molecule has 2 atom stereocenters. The van der Waals surface area contributed by atoms with E-state index in [1.54, 1.807) is 0 Å². The van der Waals surface area contributed by atoms with Gasteiger partial charge in [0.15, 0.2) is 0 Å². The van der Waals surface area contributed by atoms with Crippen molar-refractivity contribution in [3.8, 4) is 0 Å². The summed E-state index contributed by atoms with van der Waals surface area (Å²) in [5, 5.41) is 0. The molecule has 0 N–H and O–H groups in total. The first-order valence-electron chi connectivity index (χ1n) is 4.58. The van der Waals surface area contributed by atoms with Crippen LogP contribution in [0.1, 0.15) is 26.2 Å². The highest BCUT2D eigenvalue weighted by molar-refractivity contribution is 5.83. The van der Waals surface area contributed by atoms with Gasteiger partial charge in [0.25, 0.3) is 0 Å². The predicted octanol–water partition coefficient (Wildman–Crippen LogP) is 1.06. The molecule has 0 spiro atoms. The van der Waals surface area contributed by atoms with Gasteiger partial charge in [0.2, 0.25) is 0 Å². The van der Waals surface area contributed by atoms with Crippen molar-refractivity contribution in [3.05, 3.63) is 0 Å². The monoisotopic (exact) mass is 153 g/mol. The molecule has 11 heavy (non-hydrogen) atoms. The number of fused-ring (bicyclic) bond motifs is 3. The van der Waals surface area contributed by atoms with Crippen LogP contribution in [0.25, 0.3) is 0 Å². The number of piperidine rings is 2. The van der Waals surface area contributed by atoms with Gasteiger partial charge in [-0.15, -0.1) is 0 Å². The first-order chi connectivity index (χ1) is 5.31. The summed E-state index contributed by atoms with van der Waals surface area (Å²) < 4.78 is 0. The van der Waals surface area contributed by atoms with Gasteiger partial charge in [0.05, 0.1) is 0 Å². The highest BCUT2D eigenvalue weighted by Gasteiger charge is 2.38. The van der Waals surface area contributed by atoms with E-state index in [2.05, 4.69) is 11.8 Å². The van der Waals surface area contributed by atoms with Crippen LogP contribution in [-0.4, -0.2) is 29.8 Å². The van der Waals surface area contributed by atoms with E-state index in [0.717, 1.165) is 25.9 Å². The molecule has 2 saturated heterocycles. The van der Waals surface area contributed by atoms with Crippen molar-refractivity contribution >= 4 is 5.78 Å². The second kappa shape index (κ2) is 2.59. The van der Waals surface area contributed by atoms with E-state index in [0.29, 0.717) is 17.7 Å². The maximum atomic E-state index is 11.3. The van der Waals surface area contributed by atoms with Crippen molar-refractivity contribution in [2.24, 2.45) is 5.92 Å². The Morgan fingerprint density at radius 1 is 1.55 bits per heavy atom.